The zero-order valence-electron chi connectivity index (χ0n) is 16.0. The number of hydrogen-bond acceptors (Lipinski definition) is 7. The summed E-state index contributed by atoms with van der Waals surface area (Å²) in [5.74, 6) is -0.177. The zero-order valence-corrected chi connectivity index (χ0v) is 19.3. The van der Waals surface area contributed by atoms with Crippen LogP contribution >= 0.6 is 23.7 Å². The van der Waals surface area contributed by atoms with Crippen molar-refractivity contribution in [2.45, 2.75) is 28.4 Å². The number of nitrogens with zero attached hydrogens (tertiary/aromatic N) is 1. The minimum atomic E-state index is -3.89. The summed E-state index contributed by atoms with van der Waals surface area (Å²) >= 11 is 1.53. The maximum absolute atomic E-state index is 13.2. The molecule has 2 heterocycles. The highest BCUT2D eigenvalue weighted by molar-refractivity contribution is 7.96. The zero-order chi connectivity index (χ0) is 20.6. The molecule has 3 aromatic rings. The van der Waals surface area contributed by atoms with Gasteiger partial charge < -0.3 is 4.74 Å². The lowest BCUT2D eigenvalue weighted by Gasteiger charge is -2.16. The Morgan fingerprint density at radius 3 is 2.53 bits per heavy atom. The summed E-state index contributed by atoms with van der Waals surface area (Å²) in [7, 11) is -7.60. The highest BCUT2D eigenvalue weighted by Crippen LogP contribution is 2.45. The van der Waals surface area contributed by atoms with Crippen LogP contribution in [0.5, 0.6) is 5.75 Å². The predicted molar refractivity (Wildman–Crippen MR) is 118 cm³/mol. The van der Waals surface area contributed by atoms with E-state index in [4.69, 9.17) is 4.74 Å². The molecular weight excluding hydrogens is 466 g/mol. The molecule has 30 heavy (non-hydrogen) atoms. The van der Waals surface area contributed by atoms with Gasteiger partial charge in [0.05, 0.1) is 33.4 Å². The van der Waals surface area contributed by atoms with Crippen molar-refractivity contribution in [3.8, 4) is 5.75 Å². The first-order chi connectivity index (χ1) is 13.8. The molecular formula is C20H20ClNO5S3. The lowest BCUT2D eigenvalue weighted by Crippen LogP contribution is -2.16. The van der Waals surface area contributed by atoms with Gasteiger partial charge in [0.1, 0.15) is 11.0 Å². The number of sulfone groups is 2. The smallest absolute Gasteiger partial charge is 0.186 e. The molecule has 0 saturated heterocycles. The van der Waals surface area contributed by atoms with Crippen molar-refractivity contribution >= 4 is 43.4 Å². The predicted octanol–water partition coefficient (Wildman–Crippen LogP) is 3.80. The van der Waals surface area contributed by atoms with Crippen molar-refractivity contribution in [1.82, 2.24) is 4.98 Å². The van der Waals surface area contributed by atoms with E-state index in [1.165, 1.54) is 29.5 Å². The van der Waals surface area contributed by atoms with Crippen LogP contribution < -0.4 is 4.74 Å². The lowest BCUT2D eigenvalue weighted by atomic mass is 10.1. The summed E-state index contributed by atoms with van der Waals surface area (Å²) in [5.41, 5.74) is 2.93. The number of hydrogen-bond donors (Lipinski definition) is 0. The molecule has 0 amide bonds. The third-order valence-electron chi connectivity index (χ3n) is 4.93. The number of thiazole rings is 1. The molecule has 0 N–H and O–H groups in total. The van der Waals surface area contributed by atoms with Crippen molar-refractivity contribution in [1.29, 1.82) is 0 Å². The molecule has 1 aliphatic rings. The molecule has 2 aromatic carbocycles. The maximum atomic E-state index is 13.2. The minimum Gasteiger partial charge on any atom is -0.493 e. The number of benzene rings is 2. The standard InChI is InChI=1S/C20H19NO5S3.ClH/c1-14-17(27-13-21-14)10-11-26-16-8-5-9-18-20(16)19(12-28(18,22)23)29(24,25)15-6-3-2-4-7-15;/h2-9,13,19H,10-12H2,1H3;1H. The average molecular weight is 486 g/mol. The molecule has 0 saturated carbocycles. The van der Waals surface area contributed by atoms with Crippen LogP contribution in [-0.4, -0.2) is 34.2 Å². The van der Waals surface area contributed by atoms with E-state index in [1.807, 2.05) is 6.92 Å². The Balaban J connectivity index is 0.00000256. The average Bonchev–Trinajstić information content (AvgIpc) is 3.24. The largest absolute Gasteiger partial charge is 0.493 e. The van der Waals surface area contributed by atoms with Gasteiger partial charge in [-0.05, 0) is 31.2 Å². The molecule has 4 rings (SSSR count). The molecule has 0 spiro atoms. The summed E-state index contributed by atoms with van der Waals surface area (Å²) in [6, 6.07) is 12.6. The summed E-state index contributed by atoms with van der Waals surface area (Å²) in [4.78, 5) is 5.42. The van der Waals surface area contributed by atoms with E-state index in [2.05, 4.69) is 4.98 Å². The summed E-state index contributed by atoms with van der Waals surface area (Å²) in [5, 5.41) is -1.19. The first kappa shape index (κ1) is 22.7. The molecule has 0 aliphatic carbocycles. The number of ether oxygens (including phenoxy) is 1. The van der Waals surface area contributed by atoms with Crippen LogP contribution in [0.15, 0.2) is 63.8 Å². The fourth-order valence-corrected chi connectivity index (χ4v) is 8.57. The van der Waals surface area contributed by atoms with Crippen LogP contribution in [0.25, 0.3) is 0 Å². The number of fused-ring (bicyclic) bond motifs is 1. The topological polar surface area (TPSA) is 90.4 Å². The molecule has 1 atom stereocenters. The molecule has 0 fully saturated rings. The number of aromatic nitrogens is 1. The van der Waals surface area contributed by atoms with Crippen LogP contribution in [0.2, 0.25) is 0 Å². The quantitative estimate of drug-likeness (QED) is 0.527. The third kappa shape index (κ3) is 4.12. The molecule has 0 radical (unpaired) electrons. The van der Waals surface area contributed by atoms with Crippen LogP contribution in [0.3, 0.4) is 0 Å². The molecule has 1 aromatic heterocycles. The first-order valence-electron chi connectivity index (χ1n) is 8.97. The third-order valence-corrected chi connectivity index (χ3v) is 10.0. The van der Waals surface area contributed by atoms with Gasteiger partial charge >= 0.3 is 0 Å². The second-order valence-corrected chi connectivity index (χ2v) is 11.8. The summed E-state index contributed by atoms with van der Waals surface area (Å²) < 4.78 is 57.7. The van der Waals surface area contributed by atoms with Gasteiger partial charge in [-0.3, -0.25) is 0 Å². The van der Waals surface area contributed by atoms with Crippen molar-refractivity contribution in [2.24, 2.45) is 0 Å². The van der Waals surface area contributed by atoms with Gasteiger partial charge in [0.15, 0.2) is 19.7 Å². The van der Waals surface area contributed by atoms with Gasteiger partial charge in [-0.1, -0.05) is 24.3 Å². The SMILES string of the molecule is Cc1ncsc1CCOc1cccc2c1C(S(=O)(=O)c1ccccc1)CS2(=O)=O.Cl. The van der Waals surface area contributed by atoms with Crippen molar-refractivity contribution in [3.05, 3.63) is 70.2 Å². The van der Waals surface area contributed by atoms with E-state index in [1.54, 1.807) is 35.8 Å². The monoisotopic (exact) mass is 485 g/mol. The molecule has 160 valence electrons. The Labute approximate surface area is 186 Å². The Bertz CT molecular complexity index is 1250. The van der Waals surface area contributed by atoms with Crippen molar-refractivity contribution < 1.29 is 21.6 Å². The van der Waals surface area contributed by atoms with E-state index >= 15 is 0 Å². The lowest BCUT2D eigenvalue weighted by molar-refractivity contribution is 0.318. The van der Waals surface area contributed by atoms with Gasteiger partial charge in [-0.2, -0.15) is 0 Å². The van der Waals surface area contributed by atoms with Crippen LogP contribution in [0.4, 0.5) is 0 Å². The van der Waals surface area contributed by atoms with E-state index in [0.29, 0.717) is 18.8 Å². The number of halogens is 1. The van der Waals surface area contributed by atoms with Gasteiger partial charge in [0, 0.05) is 16.9 Å². The van der Waals surface area contributed by atoms with Crippen molar-refractivity contribution in [3.63, 3.8) is 0 Å². The van der Waals surface area contributed by atoms with Gasteiger partial charge in [-0.15, -0.1) is 23.7 Å². The Morgan fingerprint density at radius 1 is 1.13 bits per heavy atom. The molecule has 6 nitrogen and oxygen atoms in total. The maximum Gasteiger partial charge on any atom is 0.186 e. The van der Waals surface area contributed by atoms with E-state index in [9.17, 15) is 16.8 Å². The Morgan fingerprint density at radius 2 is 1.87 bits per heavy atom. The highest BCUT2D eigenvalue weighted by atomic mass is 35.5. The van der Waals surface area contributed by atoms with E-state index in [-0.39, 0.29) is 27.8 Å². The molecule has 1 unspecified atom stereocenters. The van der Waals surface area contributed by atoms with Crippen LogP contribution in [0.1, 0.15) is 21.4 Å². The molecule has 10 heteroatoms. The summed E-state index contributed by atoms with van der Waals surface area (Å²) in [6.07, 6.45) is 0.614. The fraction of sp³-hybridized carbons (Fsp3) is 0.250. The highest BCUT2D eigenvalue weighted by Gasteiger charge is 2.45. The van der Waals surface area contributed by atoms with Gasteiger partial charge in [-0.25, -0.2) is 21.8 Å². The normalized spacial score (nSPS) is 17.2. The van der Waals surface area contributed by atoms with Gasteiger partial charge in [0.2, 0.25) is 0 Å². The second kappa shape index (κ2) is 8.66. The van der Waals surface area contributed by atoms with Crippen LogP contribution in [-0.2, 0) is 26.1 Å². The first-order valence-corrected chi connectivity index (χ1v) is 13.0. The Kier molecular flexibility index (Phi) is 6.57. The fourth-order valence-electron chi connectivity index (χ4n) is 3.45. The van der Waals surface area contributed by atoms with E-state index < -0.39 is 30.7 Å². The number of aryl methyl sites for hydroxylation is 1. The minimum absolute atomic E-state index is 0. The molecule has 0 bridgehead atoms. The number of rotatable bonds is 6. The van der Waals surface area contributed by atoms with Crippen LogP contribution in [0, 0.1) is 6.92 Å². The summed E-state index contributed by atoms with van der Waals surface area (Å²) in [6.45, 7) is 2.22. The van der Waals surface area contributed by atoms with E-state index in [0.717, 1.165) is 10.6 Å². The second-order valence-electron chi connectivity index (χ2n) is 6.76. The van der Waals surface area contributed by atoms with Crippen molar-refractivity contribution in [2.75, 3.05) is 12.4 Å². The molecule has 1 aliphatic heterocycles. The Hall–Kier alpha value is -1.94. The van der Waals surface area contributed by atoms with Gasteiger partial charge in [0.25, 0.3) is 0 Å².